The van der Waals surface area contributed by atoms with Crippen LogP contribution in [0.5, 0.6) is 5.75 Å². The van der Waals surface area contributed by atoms with Gasteiger partial charge in [-0.05, 0) is 35.9 Å². The van der Waals surface area contributed by atoms with Crippen LogP contribution in [0.25, 0.3) is 0 Å². The molecule has 1 heterocycles. The fourth-order valence-electron chi connectivity index (χ4n) is 2.80. The van der Waals surface area contributed by atoms with Crippen LogP contribution in [0.3, 0.4) is 0 Å². The van der Waals surface area contributed by atoms with E-state index in [-0.39, 0.29) is 5.91 Å². The van der Waals surface area contributed by atoms with Crippen molar-refractivity contribution in [2.45, 2.75) is 13.3 Å². The molecule has 132 valence electrons. The molecule has 1 aliphatic rings. The Morgan fingerprint density at radius 3 is 2.72 bits per heavy atom. The minimum atomic E-state index is -0.687. The molecule has 0 radical (unpaired) electrons. The van der Waals surface area contributed by atoms with Crippen molar-refractivity contribution in [1.82, 2.24) is 10.2 Å². The summed E-state index contributed by atoms with van der Waals surface area (Å²) in [4.78, 5) is 14.3. The third kappa shape index (κ3) is 4.50. The van der Waals surface area contributed by atoms with Gasteiger partial charge in [0.15, 0.2) is 0 Å². The van der Waals surface area contributed by atoms with Crippen LogP contribution in [-0.2, 0) is 13.3 Å². The molecule has 1 fully saturated rings. The van der Waals surface area contributed by atoms with E-state index in [1.807, 2.05) is 12.1 Å². The lowest BCUT2D eigenvalue weighted by Gasteiger charge is -2.27. The van der Waals surface area contributed by atoms with Gasteiger partial charge in [0.25, 0.3) is 5.91 Å². The molecule has 0 atom stereocenters. The minimum Gasteiger partial charge on any atom is -0.489 e. The van der Waals surface area contributed by atoms with E-state index < -0.39 is 6.67 Å². The zero-order valence-electron chi connectivity index (χ0n) is 13.8. The monoisotopic (exact) mass is 362 g/mol. The van der Waals surface area contributed by atoms with Gasteiger partial charge in [0.05, 0.1) is 0 Å². The molecule has 3 rings (SSSR count). The molecule has 4 nitrogen and oxygen atoms in total. The molecule has 6 heteroatoms. The summed E-state index contributed by atoms with van der Waals surface area (Å²) >= 11 is 5.95. The van der Waals surface area contributed by atoms with E-state index in [4.69, 9.17) is 16.3 Å². The number of amides is 1. The van der Waals surface area contributed by atoms with Gasteiger partial charge in [-0.2, -0.15) is 0 Å². The van der Waals surface area contributed by atoms with Crippen LogP contribution >= 0.6 is 11.6 Å². The number of piperazine rings is 1. The first kappa shape index (κ1) is 17.7. The molecule has 2 aromatic carbocycles. The Morgan fingerprint density at radius 1 is 1.20 bits per heavy atom. The van der Waals surface area contributed by atoms with Crippen LogP contribution in [-0.4, -0.2) is 37.0 Å². The highest BCUT2D eigenvalue weighted by Gasteiger charge is 2.19. The smallest absolute Gasteiger partial charge is 0.253 e. The third-order valence-corrected chi connectivity index (χ3v) is 4.37. The summed E-state index contributed by atoms with van der Waals surface area (Å²) in [6.07, 6.45) is 0. The molecule has 25 heavy (non-hydrogen) atoms. The lowest BCUT2D eigenvalue weighted by atomic mass is 10.1. The van der Waals surface area contributed by atoms with Gasteiger partial charge in [-0.1, -0.05) is 23.7 Å². The van der Waals surface area contributed by atoms with Crippen LogP contribution in [0.15, 0.2) is 42.5 Å². The van der Waals surface area contributed by atoms with Crippen molar-refractivity contribution in [3.8, 4) is 5.75 Å². The lowest BCUT2D eigenvalue weighted by molar-refractivity contribution is 0.0735. The van der Waals surface area contributed by atoms with Gasteiger partial charge in [-0.15, -0.1) is 0 Å². The Bertz CT molecular complexity index is 748. The van der Waals surface area contributed by atoms with E-state index in [9.17, 15) is 9.18 Å². The zero-order valence-corrected chi connectivity index (χ0v) is 14.6. The molecule has 1 amide bonds. The molecule has 1 N–H and O–H groups in total. The summed E-state index contributed by atoms with van der Waals surface area (Å²) in [6, 6.07) is 12.3. The average molecular weight is 363 g/mol. The average Bonchev–Trinajstić information content (AvgIpc) is 2.66. The van der Waals surface area contributed by atoms with Crippen molar-refractivity contribution in [2.75, 3.05) is 26.2 Å². The number of rotatable bonds is 5. The van der Waals surface area contributed by atoms with Crippen molar-refractivity contribution in [1.29, 1.82) is 0 Å². The van der Waals surface area contributed by atoms with Gasteiger partial charge in [0, 0.05) is 42.3 Å². The number of alkyl halides is 1. The quantitative estimate of drug-likeness (QED) is 0.886. The van der Waals surface area contributed by atoms with Crippen LogP contribution in [0.1, 0.15) is 21.5 Å². The molecule has 0 spiro atoms. The number of benzene rings is 2. The normalized spacial score (nSPS) is 14.4. The summed E-state index contributed by atoms with van der Waals surface area (Å²) in [7, 11) is 0. The Morgan fingerprint density at radius 2 is 2.00 bits per heavy atom. The van der Waals surface area contributed by atoms with Crippen molar-refractivity contribution >= 4 is 17.5 Å². The maximum absolute atomic E-state index is 13.4. The van der Waals surface area contributed by atoms with E-state index in [1.165, 1.54) is 0 Å². The van der Waals surface area contributed by atoms with Gasteiger partial charge in [0.1, 0.15) is 19.0 Å². The third-order valence-electron chi connectivity index (χ3n) is 4.14. The van der Waals surface area contributed by atoms with Crippen LogP contribution in [0, 0.1) is 0 Å². The highest BCUT2D eigenvalue weighted by molar-refractivity contribution is 6.30. The molecular formula is C19H20ClFN2O2. The molecule has 1 aliphatic heterocycles. The first-order valence-electron chi connectivity index (χ1n) is 8.23. The van der Waals surface area contributed by atoms with Crippen molar-refractivity contribution in [3.05, 3.63) is 64.2 Å². The molecule has 0 saturated carbocycles. The van der Waals surface area contributed by atoms with E-state index >= 15 is 0 Å². The van der Waals surface area contributed by atoms with Crippen molar-refractivity contribution < 1.29 is 13.9 Å². The maximum Gasteiger partial charge on any atom is 0.253 e. The highest BCUT2D eigenvalue weighted by atomic mass is 35.5. The number of ether oxygens (including phenoxy) is 1. The second-order valence-electron chi connectivity index (χ2n) is 5.92. The predicted octanol–water partition coefficient (Wildman–Crippen LogP) is 3.43. The van der Waals surface area contributed by atoms with Crippen LogP contribution in [0.2, 0.25) is 5.02 Å². The molecular weight excluding hydrogens is 343 g/mol. The summed E-state index contributed by atoms with van der Waals surface area (Å²) in [5.41, 5.74) is 1.77. The fourth-order valence-corrected chi connectivity index (χ4v) is 3.01. The maximum atomic E-state index is 13.4. The van der Waals surface area contributed by atoms with E-state index in [0.29, 0.717) is 41.6 Å². The molecule has 0 aromatic heterocycles. The highest BCUT2D eigenvalue weighted by Crippen LogP contribution is 2.24. The van der Waals surface area contributed by atoms with E-state index in [2.05, 4.69) is 5.32 Å². The van der Waals surface area contributed by atoms with Crippen LogP contribution in [0.4, 0.5) is 4.39 Å². The summed E-state index contributed by atoms with van der Waals surface area (Å²) < 4.78 is 19.1. The predicted molar refractivity (Wildman–Crippen MR) is 95.8 cm³/mol. The van der Waals surface area contributed by atoms with Gasteiger partial charge < -0.3 is 15.0 Å². The number of carbonyl (C=O) groups excluding carboxylic acids is 1. The topological polar surface area (TPSA) is 41.6 Å². The second kappa shape index (κ2) is 8.32. The standard InChI is InChI=1S/C19H20ClFN2O2/c20-17-3-1-2-14(10-17)13-25-18-5-4-15(11-16(18)12-21)19(24)23-8-6-22-7-9-23/h1-5,10-11,22H,6-9,12-13H2. The first-order chi connectivity index (χ1) is 12.2. The molecule has 1 saturated heterocycles. The second-order valence-corrected chi connectivity index (χ2v) is 6.35. The van der Waals surface area contributed by atoms with E-state index in [0.717, 1.165) is 18.7 Å². The fraction of sp³-hybridized carbons (Fsp3) is 0.316. The molecule has 0 bridgehead atoms. The lowest BCUT2D eigenvalue weighted by Crippen LogP contribution is -2.46. The number of nitrogens with zero attached hydrogens (tertiary/aromatic N) is 1. The Kier molecular flexibility index (Phi) is 5.89. The number of carbonyl (C=O) groups is 1. The minimum absolute atomic E-state index is 0.0717. The molecule has 0 unspecified atom stereocenters. The summed E-state index contributed by atoms with van der Waals surface area (Å²) in [6.45, 7) is 2.49. The van der Waals surface area contributed by atoms with Crippen LogP contribution < -0.4 is 10.1 Å². The number of hydrogen-bond acceptors (Lipinski definition) is 3. The Balaban J connectivity index is 1.71. The Hall–Kier alpha value is -2.11. The Labute approximate surface area is 151 Å². The largest absolute Gasteiger partial charge is 0.489 e. The van der Waals surface area contributed by atoms with Gasteiger partial charge in [-0.3, -0.25) is 4.79 Å². The van der Waals surface area contributed by atoms with E-state index in [1.54, 1.807) is 35.2 Å². The van der Waals surface area contributed by atoms with Gasteiger partial charge in [0.2, 0.25) is 0 Å². The number of halogens is 2. The molecule has 2 aromatic rings. The first-order valence-corrected chi connectivity index (χ1v) is 8.61. The SMILES string of the molecule is O=C(c1ccc(OCc2cccc(Cl)c2)c(CF)c1)N1CCNCC1. The van der Waals surface area contributed by atoms with Crippen molar-refractivity contribution in [2.24, 2.45) is 0 Å². The van der Waals surface area contributed by atoms with Gasteiger partial charge >= 0.3 is 0 Å². The van der Waals surface area contributed by atoms with Crippen molar-refractivity contribution in [3.63, 3.8) is 0 Å². The molecule has 0 aliphatic carbocycles. The van der Waals surface area contributed by atoms with Gasteiger partial charge in [-0.25, -0.2) is 4.39 Å². The number of nitrogens with one attached hydrogen (secondary N) is 1. The summed E-state index contributed by atoms with van der Waals surface area (Å²) in [5.74, 6) is 0.372. The number of hydrogen-bond donors (Lipinski definition) is 1. The zero-order chi connectivity index (χ0) is 17.6. The summed E-state index contributed by atoms with van der Waals surface area (Å²) in [5, 5.41) is 3.83.